The van der Waals surface area contributed by atoms with Gasteiger partial charge >= 0.3 is 5.97 Å². The second kappa shape index (κ2) is 12.3. The molecule has 0 bridgehead atoms. The maximum atomic E-state index is 13.1. The van der Waals surface area contributed by atoms with Gasteiger partial charge < -0.3 is 19.3 Å². The first-order valence-corrected chi connectivity index (χ1v) is 13.5. The Morgan fingerprint density at radius 3 is 2.37 bits per heavy atom. The predicted octanol–water partition coefficient (Wildman–Crippen LogP) is 5.24. The lowest BCUT2D eigenvalue weighted by molar-refractivity contribution is -0.146. The van der Waals surface area contributed by atoms with E-state index in [1.807, 2.05) is 62.9 Å². The normalized spacial score (nSPS) is 14.2. The van der Waals surface area contributed by atoms with Crippen molar-refractivity contribution >= 4 is 29.3 Å². The van der Waals surface area contributed by atoms with Crippen LogP contribution in [0.2, 0.25) is 0 Å². The summed E-state index contributed by atoms with van der Waals surface area (Å²) in [5.41, 5.74) is 5.18. The number of amides is 1. The molecule has 2 aromatic carbocycles. The molecule has 0 radical (unpaired) electrons. The molecule has 1 aliphatic heterocycles. The molecule has 0 spiro atoms. The third kappa shape index (κ3) is 6.94. The van der Waals surface area contributed by atoms with Gasteiger partial charge in [0.25, 0.3) is 5.91 Å². The number of fused-ring (bicyclic) bond motifs is 1. The molecule has 190 valence electrons. The molecular weight excluding hydrogens is 460 g/mol. The van der Waals surface area contributed by atoms with Gasteiger partial charge in [0.1, 0.15) is 17.6 Å². The van der Waals surface area contributed by atoms with Gasteiger partial charge in [-0.1, -0.05) is 19.1 Å². The van der Waals surface area contributed by atoms with Gasteiger partial charge in [-0.15, -0.1) is 11.8 Å². The highest BCUT2D eigenvalue weighted by molar-refractivity contribution is 8.00. The van der Waals surface area contributed by atoms with Gasteiger partial charge in [0.15, 0.2) is 0 Å². The Bertz CT molecular complexity index is 1020. The van der Waals surface area contributed by atoms with E-state index >= 15 is 0 Å². The first-order valence-electron chi connectivity index (χ1n) is 12.4. The van der Waals surface area contributed by atoms with Crippen molar-refractivity contribution in [3.05, 3.63) is 58.7 Å². The van der Waals surface area contributed by atoms with Crippen LogP contribution < -0.4 is 9.64 Å². The van der Waals surface area contributed by atoms with E-state index in [1.165, 1.54) is 5.56 Å². The highest BCUT2D eigenvalue weighted by atomic mass is 32.2. The fourth-order valence-electron chi connectivity index (χ4n) is 4.12. The summed E-state index contributed by atoms with van der Waals surface area (Å²) in [5, 5.41) is -0.212. The first-order chi connectivity index (χ1) is 16.7. The van der Waals surface area contributed by atoms with Crippen LogP contribution in [-0.4, -0.2) is 60.2 Å². The average Bonchev–Trinajstić information content (AvgIpc) is 2.82. The van der Waals surface area contributed by atoms with Crippen molar-refractivity contribution in [2.75, 3.05) is 37.0 Å². The molecule has 0 aromatic heterocycles. The Morgan fingerprint density at radius 2 is 1.74 bits per heavy atom. The van der Waals surface area contributed by atoms with E-state index in [0.29, 0.717) is 26.2 Å². The molecule has 0 aliphatic carbocycles. The van der Waals surface area contributed by atoms with Crippen molar-refractivity contribution in [1.82, 2.24) is 4.90 Å². The van der Waals surface area contributed by atoms with E-state index in [9.17, 15) is 9.59 Å². The van der Waals surface area contributed by atoms with Gasteiger partial charge in [-0.3, -0.25) is 9.59 Å². The van der Waals surface area contributed by atoms with Gasteiger partial charge in [-0.2, -0.15) is 0 Å². The zero-order valence-electron chi connectivity index (χ0n) is 21.8. The molecule has 2 aromatic rings. The Balaban J connectivity index is 1.57. The lowest BCUT2D eigenvalue weighted by Crippen LogP contribution is -2.48. The van der Waals surface area contributed by atoms with E-state index in [1.54, 1.807) is 11.8 Å². The van der Waals surface area contributed by atoms with Crippen LogP contribution in [0, 0.1) is 13.8 Å². The number of hydrogen-bond acceptors (Lipinski definition) is 6. The lowest BCUT2D eigenvalue weighted by atomic mass is 10.0. The van der Waals surface area contributed by atoms with Crippen molar-refractivity contribution in [3.8, 4) is 5.75 Å². The third-order valence-corrected chi connectivity index (χ3v) is 7.25. The Labute approximate surface area is 214 Å². The zero-order valence-corrected chi connectivity index (χ0v) is 22.6. The molecule has 0 fully saturated rings. The van der Waals surface area contributed by atoms with Crippen LogP contribution in [0.3, 0.4) is 0 Å². The summed E-state index contributed by atoms with van der Waals surface area (Å²) in [6.45, 7) is 14.4. The van der Waals surface area contributed by atoms with Crippen LogP contribution >= 0.6 is 11.8 Å². The maximum absolute atomic E-state index is 13.1. The van der Waals surface area contributed by atoms with Gasteiger partial charge in [0.05, 0.1) is 30.6 Å². The van der Waals surface area contributed by atoms with E-state index < -0.39 is 0 Å². The number of esters is 1. The number of hydrogen-bond donors (Lipinski definition) is 0. The summed E-state index contributed by atoms with van der Waals surface area (Å²) in [7, 11) is 0. The smallest absolute Gasteiger partial charge is 0.319 e. The van der Waals surface area contributed by atoms with Crippen molar-refractivity contribution in [2.45, 2.75) is 59.3 Å². The van der Waals surface area contributed by atoms with Crippen LogP contribution in [-0.2, 0) is 16.0 Å². The number of nitrogens with zero attached hydrogens (tertiary/aromatic N) is 2. The number of rotatable bonds is 11. The summed E-state index contributed by atoms with van der Waals surface area (Å²) in [6.07, 6.45) is 0.508. The number of thioether (sulfide) groups is 1. The molecule has 7 heteroatoms. The topological polar surface area (TPSA) is 59.1 Å². The maximum Gasteiger partial charge on any atom is 0.319 e. The van der Waals surface area contributed by atoms with Crippen LogP contribution in [0.1, 0.15) is 54.7 Å². The first kappa shape index (κ1) is 26.9. The molecule has 3 rings (SSSR count). The Kier molecular flexibility index (Phi) is 9.49. The highest BCUT2D eigenvalue weighted by Crippen LogP contribution is 2.30. The van der Waals surface area contributed by atoms with E-state index in [4.69, 9.17) is 9.47 Å². The second-order valence-electron chi connectivity index (χ2n) is 9.15. The molecule has 0 saturated heterocycles. The zero-order chi connectivity index (χ0) is 25.5. The van der Waals surface area contributed by atoms with Crippen molar-refractivity contribution < 1.29 is 19.1 Å². The quantitative estimate of drug-likeness (QED) is 0.395. The summed E-state index contributed by atoms with van der Waals surface area (Å²) < 4.78 is 11.4. The fourth-order valence-corrected chi connectivity index (χ4v) is 5.03. The molecular formula is C28H38N2O4S. The van der Waals surface area contributed by atoms with Crippen LogP contribution in [0.4, 0.5) is 5.69 Å². The number of carbonyl (C=O) groups is 2. The molecule has 35 heavy (non-hydrogen) atoms. The number of carbonyl (C=O) groups excluding carboxylic acids is 2. The van der Waals surface area contributed by atoms with Crippen molar-refractivity contribution in [1.29, 1.82) is 0 Å². The molecule has 1 unspecified atom stereocenters. The van der Waals surface area contributed by atoms with Crippen molar-refractivity contribution in [3.63, 3.8) is 0 Å². The van der Waals surface area contributed by atoms with Crippen LogP contribution in [0.25, 0.3) is 0 Å². The minimum absolute atomic E-state index is 0.0551. The number of aryl methyl sites for hydroxylation is 2. The van der Waals surface area contributed by atoms with E-state index in [2.05, 4.69) is 24.8 Å². The number of anilines is 1. The monoisotopic (exact) mass is 498 g/mol. The number of benzene rings is 2. The summed E-state index contributed by atoms with van der Waals surface area (Å²) in [5.74, 6) is 1.50. The predicted molar refractivity (Wildman–Crippen MR) is 144 cm³/mol. The van der Waals surface area contributed by atoms with Gasteiger partial charge in [0.2, 0.25) is 0 Å². The van der Waals surface area contributed by atoms with E-state index in [-0.39, 0.29) is 23.2 Å². The van der Waals surface area contributed by atoms with Crippen molar-refractivity contribution in [2.24, 2.45) is 0 Å². The molecule has 1 amide bonds. The number of ether oxygens (including phenoxy) is 2. The van der Waals surface area contributed by atoms with Gasteiger partial charge in [-0.25, -0.2) is 0 Å². The standard InChI is InChI=1S/C28H38N2O4S/c1-7-29-18-30(27(31)24-15-20(5)21(6)16-25(24)29)13-14-33-23-11-9-22(10-12-23)17-26(35-8-2)28(32)34-19(3)4/h9-12,15-16,19,26H,7-8,13-14,17-18H2,1-6H3. The molecule has 0 saturated carbocycles. The van der Waals surface area contributed by atoms with Gasteiger partial charge in [-0.05, 0) is 87.7 Å². The minimum atomic E-state index is -0.212. The fraction of sp³-hybridized carbons (Fsp3) is 0.500. The van der Waals surface area contributed by atoms with Crippen LogP contribution in [0.15, 0.2) is 36.4 Å². The highest BCUT2D eigenvalue weighted by Gasteiger charge is 2.29. The molecule has 1 aliphatic rings. The van der Waals surface area contributed by atoms with E-state index in [0.717, 1.165) is 40.4 Å². The lowest BCUT2D eigenvalue weighted by Gasteiger charge is -2.38. The summed E-state index contributed by atoms with van der Waals surface area (Å²) >= 11 is 1.61. The van der Waals surface area contributed by atoms with Crippen LogP contribution in [0.5, 0.6) is 5.75 Å². The molecule has 0 N–H and O–H groups in total. The Hall–Kier alpha value is -2.67. The summed E-state index contributed by atoms with van der Waals surface area (Å²) in [6, 6.07) is 12.0. The second-order valence-corrected chi connectivity index (χ2v) is 10.6. The molecule has 1 atom stereocenters. The Morgan fingerprint density at radius 1 is 1.06 bits per heavy atom. The summed E-state index contributed by atoms with van der Waals surface area (Å²) in [4.78, 5) is 29.6. The average molecular weight is 499 g/mol. The van der Waals surface area contributed by atoms with Gasteiger partial charge in [0, 0.05) is 6.54 Å². The minimum Gasteiger partial charge on any atom is -0.492 e. The third-order valence-electron chi connectivity index (χ3n) is 6.15. The largest absolute Gasteiger partial charge is 0.492 e. The molecule has 1 heterocycles. The SMILES string of the molecule is CCSC(Cc1ccc(OCCN2CN(CC)c3cc(C)c(C)cc3C2=O)cc1)C(=O)OC(C)C. The molecule has 6 nitrogen and oxygen atoms in total.